The summed E-state index contributed by atoms with van der Waals surface area (Å²) >= 11 is 6.07. The molecule has 0 bridgehead atoms. The Hall–Kier alpha value is -1.31. The third-order valence-electron chi connectivity index (χ3n) is 5.50. The number of hydrogen-bond donors (Lipinski definition) is 2. The first-order valence-electron chi connectivity index (χ1n) is 10.1. The van der Waals surface area contributed by atoms with Crippen molar-refractivity contribution in [3.63, 3.8) is 0 Å². The summed E-state index contributed by atoms with van der Waals surface area (Å²) in [6.07, 6.45) is 8.64. The largest absolute Gasteiger partial charge is 0.338 e. The van der Waals surface area contributed by atoms with Crippen LogP contribution in [0.15, 0.2) is 29.2 Å². The van der Waals surface area contributed by atoms with Gasteiger partial charge in [0.15, 0.2) is 0 Å². The van der Waals surface area contributed by atoms with E-state index in [1.165, 1.54) is 29.6 Å². The van der Waals surface area contributed by atoms with Gasteiger partial charge in [-0.2, -0.15) is 4.31 Å². The molecule has 6 nitrogen and oxygen atoms in total. The molecule has 1 aromatic carbocycles. The van der Waals surface area contributed by atoms with Crippen LogP contribution >= 0.6 is 11.6 Å². The van der Waals surface area contributed by atoms with Crippen molar-refractivity contribution in [3.05, 3.63) is 50.2 Å². The van der Waals surface area contributed by atoms with E-state index in [0.29, 0.717) is 19.6 Å². The maximum absolute atomic E-state index is 12.8. The Morgan fingerprint density at radius 2 is 1.70 bits per heavy atom. The summed E-state index contributed by atoms with van der Waals surface area (Å²) in [6, 6.07) is 7.44. The van der Waals surface area contributed by atoms with Crippen LogP contribution in [0.2, 0.25) is 5.02 Å². The second-order valence-corrected chi connectivity index (χ2v) is 9.97. The summed E-state index contributed by atoms with van der Waals surface area (Å²) in [5.74, 6) is 0.102. The third-order valence-corrected chi connectivity index (χ3v) is 7.87. The molecular weight excluding hydrogens is 422 g/mol. The van der Waals surface area contributed by atoms with Crippen LogP contribution in [0.5, 0.6) is 0 Å². The van der Waals surface area contributed by atoms with Crippen molar-refractivity contribution in [1.82, 2.24) is 14.9 Å². The van der Waals surface area contributed by atoms with E-state index in [0.717, 1.165) is 38.1 Å². The molecular formula is C22H33ClN3O3S. The van der Waals surface area contributed by atoms with Gasteiger partial charge >= 0.3 is 6.03 Å². The quantitative estimate of drug-likeness (QED) is 0.683. The van der Waals surface area contributed by atoms with Crippen molar-refractivity contribution >= 4 is 27.7 Å². The van der Waals surface area contributed by atoms with Crippen LogP contribution in [-0.2, 0) is 10.0 Å². The molecule has 1 saturated heterocycles. The molecule has 1 aliphatic heterocycles. The smallest absolute Gasteiger partial charge is 0.315 e. The highest BCUT2D eigenvalue weighted by Gasteiger charge is 2.33. The predicted molar refractivity (Wildman–Crippen MR) is 121 cm³/mol. The average molecular weight is 455 g/mol. The van der Waals surface area contributed by atoms with Gasteiger partial charge in [0, 0.05) is 19.6 Å². The van der Waals surface area contributed by atoms with E-state index in [1.54, 1.807) is 18.2 Å². The van der Waals surface area contributed by atoms with Crippen molar-refractivity contribution in [1.29, 1.82) is 0 Å². The molecule has 5 radical (unpaired) electrons. The van der Waals surface area contributed by atoms with Gasteiger partial charge in [-0.05, 0) is 37.3 Å². The minimum atomic E-state index is -3.60. The van der Waals surface area contributed by atoms with E-state index in [9.17, 15) is 13.2 Å². The summed E-state index contributed by atoms with van der Waals surface area (Å²) in [4.78, 5) is 12.4. The zero-order valence-corrected chi connectivity index (χ0v) is 19.1. The number of sulfonamides is 1. The molecule has 2 amide bonds. The monoisotopic (exact) mass is 454 g/mol. The zero-order chi connectivity index (χ0) is 20.0. The number of benzene rings is 1. The fourth-order valence-electron chi connectivity index (χ4n) is 3.87. The SMILES string of the molecule is O=C(NCC1CCN(S(=O)(=O)c2ccccc2Cl)C1)N[C]1CCCCCCC1.[CH2].[CH2]. The van der Waals surface area contributed by atoms with Gasteiger partial charge in [-0.25, -0.2) is 13.2 Å². The van der Waals surface area contributed by atoms with Crippen molar-refractivity contribution in [2.24, 2.45) is 5.92 Å². The van der Waals surface area contributed by atoms with Crippen LogP contribution in [0.25, 0.3) is 0 Å². The molecule has 1 aliphatic carbocycles. The van der Waals surface area contributed by atoms with Crippen molar-refractivity contribution in [2.45, 2.75) is 56.3 Å². The molecule has 1 heterocycles. The van der Waals surface area contributed by atoms with E-state index in [-0.39, 0.29) is 36.7 Å². The molecule has 2 aliphatic rings. The van der Waals surface area contributed by atoms with E-state index >= 15 is 0 Å². The lowest BCUT2D eigenvalue weighted by Gasteiger charge is -2.21. The molecule has 1 atom stereocenters. The molecule has 0 aromatic heterocycles. The normalized spacial score (nSPS) is 20.9. The van der Waals surface area contributed by atoms with Gasteiger partial charge in [-0.15, -0.1) is 0 Å². The highest BCUT2D eigenvalue weighted by molar-refractivity contribution is 7.89. The minimum absolute atomic E-state index is 0. The zero-order valence-electron chi connectivity index (χ0n) is 17.5. The van der Waals surface area contributed by atoms with Gasteiger partial charge in [-0.1, -0.05) is 70.7 Å². The third kappa shape index (κ3) is 7.13. The molecule has 0 spiro atoms. The lowest BCUT2D eigenvalue weighted by Crippen LogP contribution is -2.41. The number of nitrogens with zero attached hydrogens (tertiary/aromatic N) is 1. The van der Waals surface area contributed by atoms with E-state index < -0.39 is 10.0 Å². The Balaban J connectivity index is 0.00000225. The Bertz CT molecular complexity index is 765. The van der Waals surface area contributed by atoms with Crippen molar-refractivity contribution < 1.29 is 13.2 Å². The highest BCUT2D eigenvalue weighted by Crippen LogP contribution is 2.28. The molecule has 3 rings (SSSR count). The first-order valence-corrected chi connectivity index (χ1v) is 11.9. The molecule has 1 aromatic rings. The maximum Gasteiger partial charge on any atom is 0.315 e. The summed E-state index contributed by atoms with van der Waals surface area (Å²) < 4.78 is 27.1. The van der Waals surface area contributed by atoms with E-state index in [4.69, 9.17) is 11.6 Å². The summed E-state index contributed by atoms with van der Waals surface area (Å²) in [6.45, 7) is 1.30. The number of carbonyl (C=O) groups is 1. The van der Waals surface area contributed by atoms with Crippen LogP contribution in [0.3, 0.4) is 0 Å². The Morgan fingerprint density at radius 3 is 2.37 bits per heavy atom. The number of halogens is 1. The Labute approximate surface area is 187 Å². The number of rotatable bonds is 5. The number of amides is 2. The minimum Gasteiger partial charge on any atom is -0.338 e. The highest BCUT2D eigenvalue weighted by atomic mass is 35.5. The van der Waals surface area contributed by atoms with Crippen LogP contribution in [0.1, 0.15) is 51.4 Å². The van der Waals surface area contributed by atoms with Gasteiger partial charge in [0.1, 0.15) is 4.90 Å². The lowest BCUT2D eigenvalue weighted by atomic mass is 9.97. The van der Waals surface area contributed by atoms with Crippen molar-refractivity contribution in [2.75, 3.05) is 19.6 Å². The number of urea groups is 1. The number of hydrogen-bond acceptors (Lipinski definition) is 3. The van der Waals surface area contributed by atoms with Crippen LogP contribution in [0, 0.1) is 26.8 Å². The maximum atomic E-state index is 12.8. The van der Waals surface area contributed by atoms with Crippen LogP contribution in [-0.4, -0.2) is 38.4 Å². The van der Waals surface area contributed by atoms with E-state index in [2.05, 4.69) is 10.6 Å². The summed E-state index contributed by atoms with van der Waals surface area (Å²) in [5.41, 5.74) is 0. The molecule has 1 saturated carbocycles. The Kier molecular flexibility index (Phi) is 11.2. The molecule has 30 heavy (non-hydrogen) atoms. The second kappa shape index (κ2) is 12.5. The predicted octanol–water partition coefficient (Wildman–Crippen LogP) is 4.58. The fourth-order valence-corrected chi connectivity index (χ4v) is 5.90. The average Bonchev–Trinajstić information content (AvgIpc) is 3.12. The van der Waals surface area contributed by atoms with Crippen LogP contribution < -0.4 is 10.6 Å². The molecule has 167 valence electrons. The molecule has 1 unspecified atom stereocenters. The van der Waals surface area contributed by atoms with Gasteiger partial charge in [0.05, 0.1) is 11.1 Å². The Morgan fingerprint density at radius 1 is 1.07 bits per heavy atom. The molecule has 2 fully saturated rings. The first kappa shape index (κ1) is 26.7. The topological polar surface area (TPSA) is 78.5 Å². The van der Waals surface area contributed by atoms with Gasteiger partial charge in [-0.3, -0.25) is 0 Å². The first-order chi connectivity index (χ1) is 13.5. The summed E-state index contributed by atoms with van der Waals surface area (Å²) in [5, 5.41) is 6.15. The molecule has 2 N–H and O–H groups in total. The van der Waals surface area contributed by atoms with Crippen molar-refractivity contribution in [3.8, 4) is 0 Å². The standard InChI is InChI=1S/C20H29ClN3O3S.2CH2/c21-18-10-6-7-11-19(18)28(26,27)24-13-12-16(15-24)14-22-20(25)23-17-8-4-2-1-3-5-9-17;;/h6-7,10-11,16H,1-5,8-9,12-15H2,(H2,22,23,25);2*1H2. The molecule has 8 heteroatoms. The van der Waals surface area contributed by atoms with Gasteiger partial charge in [0.25, 0.3) is 0 Å². The number of carbonyl (C=O) groups excluding carboxylic acids is 1. The van der Waals surface area contributed by atoms with E-state index in [1.807, 2.05) is 0 Å². The second-order valence-electron chi connectivity index (χ2n) is 7.65. The number of nitrogens with one attached hydrogen (secondary N) is 2. The van der Waals surface area contributed by atoms with Gasteiger partial charge in [0.2, 0.25) is 10.0 Å². The lowest BCUT2D eigenvalue weighted by molar-refractivity contribution is 0.238. The van der Waals surface area contributed by atoms with Gasteiger partial charge < -0.3 is 10.6 Å². The fraction of sp³-hybridized carbons (Fsp3) is 0.545. The summed E-state index contributed by atoms with van der Waals surface area (Å²) in [7, 11) is -3.60. The van der Waals surface area contributed by atoms with Crippen LogP contribution in [0.4, 0.5) is 4.79 Å².